The Labute approximate surface area is 61.7 Å². The van der Waals surface area contributed by atoms with E-state index in [1.807, 2.05) is 0 Å². The summed E-state index contributed by atoms with van der Waals surface area (Å²) in [4.78, 5) is 0.912. The van der Waals surface area contributed by atoms with E-state index in [9.17, 15) is 0 Å². The van der Waals surface area contributed by atoms with Gasteiger partial charge < -0.3 is 17.3 Å². The Balaban J connectivity index is 0.000000640. The molecule has 6 N–H and O–H groups in total. The van der Waals surface area contributed by atoms with Crippen molar-refractivity contribution in [1.29, 1.82) is 0 Å². The SMILES string of the molecule is Br.Nc1nnn(N)c1N. The van der Waals surface area contributed by atoms with Gasteiger partial charge in [-0.05, 0) is 5.21 Å². The molecule has 9 heavy (non-hydrogen) atoms. The predicted octanol–water partition coefficient (Wildman–Crippen LogP) is -1.27. The van der Waals surface area contributed by atoms with Crippen LogP contribution in [0.5, 0.6) is 0 Å². The maximum Gasteiger partial charge on any atom is 0.192 e. The topological polar surface area (TPSA) is 109 Å². The largest absolute Gasteiger partial charge is 0.379 e. The van der Waals surface area contributed by atoms with Gasteiger partial charge in [0.25, 0.3) is 0 Å². The Morgan fingerprint density at radius 1 is 1.33 bits per heavy atom. The first-order valence-electron chi connectivity index (χ1n) is 1.93. The molecule has 0 aliphatic rings. The van der Waals surface area contributed by atoms with Crippen molar-refractivity contribution in [3.8, 4) is 0 Å². The standard InChI is InChI=1S/C2H6N6.BrH/c3-1-2(4)8(5)7-6-1;/h3-5H2;1H. The Kier molecular flexibility index (Phi) is 2.26. The molecular formula is C2H7BrN6. The van der Waals surface area contributed by atoms with Crippen molar-refractivity contribution in [1.82, 2.24) is 15.1 Å². The highest BCUT2D eigenvalue weighted by Gasteiger charge is 1.99. The van der Waals surface area contributed by atoms with Crippen molar-refractivity contribution in [2.24, 2.45) is 0 Å². The van der Waals surface area contributed by atoms with Gasteiger partial charge in [0.05, 0.1) is 0 Å². The molecule has 1 aromatic heterocycles. The fourth-order valence-corrected chi connectivity index (χ4v) is 0.313. The smallest absolute Gasteiger partial charge is 0.192 e. The molecule has 0 aromatic carbocycles. The van der Waals surface area contributed by atoms with E-state index < -0.39 is 0 Å². The predicted molar refractivity (Wildman–Crippen MR) is 39.3 cm³/mol. The van der Waals surface area contributed by atoms with Gasteiger partial charge in [-0.2, -0.15) is 0 Å². The maximum absolute atomic E-state index is 5.19. The van der Waals surface area contributed by atoms with Crippen molar-refractivity contribution in [3.63, 3.8) is 0 Å². The van der Waals surface area contributed by atoms with Gasteiger partial charge in [-0.15, -0.1) is 26.9 Å². The number of hydrogen-bond acceptors (Lipinski definition) is 5. The molecule has 0 saturated carbocycles. The minimum atomic E-state index is 0. The molecule has 0 aliphatic carbocycles. The summed E-state index contributed by atoms with van der Waals surface area (Å²) in [6.07, 6.45) is 0. The van der Waals surface area contributed by atoms with Crippen LogP contribution in [0.2, 0.25) is 0 Å². The molecule has 0 bridgehead atoms. The lowest BCUT2D eigenvalue weighted by Crippen LogP contribution is -2.13. The molecule has 52 valence electrons. The minimum Gasteiger partial charge on any atom is -0.379 e. The number of nitrogens with two attached hydrogens (primary N) is 3. The fourth-order valence-electron chi connectivity index (χ4n) is 0.313. The van der Waals surface area contributed by atoms with Crippen LogP contribution in [-0.4, -0.2) is 15.1 Å². The lowest BCUT2D eigenvalue weighted by molar-refractivity contribution is 0.773. The highest BCUT2D eigenvalue weighted by molar-refractivity contribution is 8.93. The zero-order valence-electron chi connectivity index (χ0n) is 4.48. The molecule has 0 amide bonds. The van der Waals surface area contributed by atoms with Gasteiger partial charge in [0.1, 0.15) is 0 Å². The van der Waals surface area contributed by atoms with E-state index in [-0.39, 0.29) is 28.6 Å². The molecule has 0 aliphatic heterocycles. The molecule has 0 unspecified atom stereocenters. The van der Waals surface area contributed by atoms with E-state index in [4.69, 9.17) is 17.3 Å². The van der Waals surface area contributed by atoms with Crippen molar-refractivity contribution in [2.75, 3.05) is 17.3 Å². The second-order valence-electron chi connectivity index (χ2n) is 1.30. The number of halogens is 1. The van der Waals surface area contributed by atoms with Crippen LogP contribution >= 0.6 is 17.0 Å². The van der Waals surface area contributed by atoms with Crippen LogP contribution in [0.4, 0.5) is 11.6 Å². The lowest BCUT2D eigenvalue weighted by atomic mass is 10.7. The van der Waals surface area contributed by atoms with E-state index in [1.54, 1.807) is 0 Å². The first-order valence-corrected chi connectivity index (χ1v) is 1.93. The lowest BCUT2D eigenvalue weighted by Gasteiger charge is -1.88. The van der Waals surface area contributed by atoms with Crippen LogP contribution in [0.1, 0.15) is 0 Å². The summed E-state index contributed by atoms with van der Waals surface area (Å²) in [6.45, 7) is 0. The third-order valence-corrected chi connectivity index (χ3v) is 0.758. The summed E-state index contributed by atoms with van der Waals surface area (Å²) in [5, 5.41) is 6.67. The van der Waals surface area contributed by atoms with E-state index in [0.29, 0.717) is 0 Å². The second kappa shape index (κ2) is 2.53. The van der Waals surface area contributed by atoms with Gasteiger partial charge in [-0.25, -0.2) is 0 Å². The van der Waals surface area contributed by atoms with Crippen LogP contribution in [-0.2, 0) is 0 Å². The van der Waals surface area contributed by atoms with E-state index in [1.165, 1.54) is 0 Å². The highest BCUT2D eigenvalue weighted by Crippen LogP contribution is 2.03. The molecule has 7 heteroatoms. The molecule has 1 heterocycles. The summed E-state index contributed by atoms with van der Waals surface area (Å²) in [6, 6.07) is 0. The zero-order chi connectivity index (χ0) is 6.15. The highest BCUT2D eigenvalue weighted by atomic mass is 79.9. The number of nitrogen functional groups attached to an aromatic ring is 3. The molecule has 1 rings (SSSR count). The molecule has 0 spiro atoms. The molecule has 0 fully saturated rings. The number of hydrogen-bond donors (Lipinski definition) is 3. The average Bonchev–Trinajstić information content (AvgIpc) is 1.98. The zero-order valence-corrected chi connectivity index (χ0v) is 6.20. The quantitative estimate of drug-likeness (QED) is 0.447. The van der Waals surface area contributed by atoms with E-state index in [2.05, 4.69) is 10.3 Å². The molecule has 1 aromatic rings. The Bertz CT molecular complexity index is 173. The summed E-state index contributed by atoms with van der Waals surface area (Å²) >= 11 is 0. The van der Waals surface area contributed by atoms with Crippen LogP contribution in [0, 0.1) is 0 Å². The Hall–Kier alpha value is -0.980. The molecule has 0 radical (unpaired) electrons. The Morgan fingerprint density at radius 3 is 2.00 bits per heavy atom. The van der Waals surface area contributed by atoms with E-state index in [0.717, 1.165) is 4.79 Å². The summed E-state index contributed by atoms with van der Waals surface area (Å²) in [5.74, 6) is 5.42. The number of rotatable bonds is 0. The third-order valence-electron chi connectivity index (χ3n) is 0.758. The molecule has 0 saturated heterocycles. The van der Waals surface area contributed by atoms with Crippen molar-refractivity contribution < 1.29 is 0 Å². The minimum absolute atomic E-state index is 0. The fraction of sp³-hybridized carbons (Fsp3) is 0. The van der Waals surface area contributed by atoms with Crippen LogP contribution in [0.15, 0.2) is 0 Å². The van der Waals surface area contributed by atoms with E-state index >= 15 is 0 Å². The van der Waals surface area contributed by atoms with Gasteiger partial charge in [-0.3, -0.25) is 0 Å². The van der Waals surface area contributed by atoms with Gasteiger partial charge in [0.2, 0.25) is 0 Å². The first kappa shape index (κ1) is 8.02. The second-order valence-corrected chi connectivity index (χ2v) is 1.30. The van der Waals surface area contributed by atoms with Crippen molar-refractivity contribution in [2.45, 2.75) is 0 Å². The number of anilines is 2. The number of nitrogens with zero attached hydrogens (tertiary/aromatic N) is 3. The monoisotopic (exact) mass is 194 g/mol. The van der Waals surface area contributed by atoms with Crippen LogP contribution in [0.3, 0.4) is 0 Å². The summed E-state index contributed by atoms with van der Waals surface area (Å²) in [5.41, 5.74) is 10.3. The molecule has 6 nitrogen and oxygen atoms in total. The van der Waals surface area contributed by atoms with Crippen LogP contribution < -0.4 is 17.3 Å². The van der Waals surface area contributed by atoms with Crippen molar-refractivity contribution in [3.05, 3.63) is 0 Å². The first-order chi connectivity index (χ1) is 3.72. The normalized spacial score (nSPS) is 8.44. The van der Waals surface area contributed by atoms with Crippen molar-refractivity contribution >= 4 is 28.6 Å². The van der Waals surface area contributed by atoms with Gasteiger partial charge in [-0.1, -0.05) is 0 Å². The number of aromatic nitrogens is 3. The average molecular weight is 195 g/mol. The van der Waals surface area contributed by atoms with Crippen LogP contribution in [0.25, 0.3) is 0 Å². The summed E-state index contributed by atoms with van der Waals surface area (Å²) in [7, 11) is 0. The third kappa shape index (κ3) is 1.22. The molecule has 0 atom stereocenters. The Morgan fingerprint density at radius 2 is 1.89 bits per heavy atom. The van der Waals surface area contributed by atoms with Gasteiger partial charge in [0.15, 0.2) is 11.6 Å². The van der Waals surface area contributed by atoms with Gasteiger partial charge in [0, 0.05) is 0 Å². The molecular weight excluding hydrogens is 188 g/mol. The summed E-state index contributed by atoms with van der Waals surface area (Å²) < 4.78 is 0. The van der Waals surface area contributed by atoms with Gasteiger partial charge >= 0.3 is 0 Å². The maximum atomic E-state index is 5.19.